The maximum Gasteiger partial charge on any atom is 0.223 e. The van der Waals surface area contributed by atoms with Gasteiger partial charge in [0.1, 0.15) is 0 Å². The van der Waals surface area contributed by atoms with E-state index in [9.17, 15) is 4.79 Å². The van der Waals surface area contributed by atoms with Gasteiger partial charge >= 0.3 is 0 Å². The first-order chi connectivity index (χ1) is 8.10. The lowest BCUT2D eigenvalue weighted by Crippen LogP contribution is -2.44. The molecule has 1 rings (SSSR count). The van der Waals surface area contributed by atoms with E-state index in [0.29, 0.717) is 24.8 Å². The van der Waals surface area contributed by atoms with Crippen LogP contribution in [-0.4, -0.2) is 30.2 Å². The zero-order valence-electron chi connectivity index (χ0n) is 11.0. The van der Waals surface area contributed by atoms with E-state index in [1.165, 1.54) is 0 Å². The highest BCUT2D eigenvalue weighted by atomic mass is 16.3. The molecule has 1 saturated carbocycles. The summed E-state index contributed by atoms with van der Waals surface area (Å²) in [6.45, 7) is 4.85. The van der Waals surface area contributed by atoms with E-state index in [2.05, 4.69) is 19.2 Å². The Morgan fingerprint density at radius 1 is 1.47 bits per heavy atom. The number of aliphatic hydroxyl groups excluding tert-OH is 1. The number of aliphatic hydroxyl groups is 1. The summed E-state index contributed by atoms with van der Waals surface area (Å²) < 4.78 is 0. The molecule has 4 heteroatoms. The van der Waals surface area contributed by atoms with Crippen molar-refractivity contribution in [2.45, 2.75) is 45.6 Å². The Bertz CT molecular complexity index is 244. The van der Waals surface area contributed by atoms with Crippen molar-refractivity contribution in [1.82, 2.24) is 5.32 Å². The molecule has 0 radical (unpaired) electrons. The molecule has 0 aromatic carbocycles. The van der Waals surface area contributed by atoms with Crippen LogP contribution < -0.4 is 11.1 Å². The van der Waals surface area contributed by atoms with Gasteiger partial charge in [-0.2, -0.15) is 0 Å². The van der Waals surface area contributed by atoms with Crippen molar-refractivity contribution in [2.75, 3.05) is 13.2 Å². The quantitative estimate of drug-likeness (QED) is 0.647. The fraction of sp³-hybridized carbons (Fsp3) is 0.923. The Labute approximate surface area is 104 Å². The molecule has 1 aliphatic carbocycles. The molecule has 0 aromatic heterocycles. The van der Waals surface area contributed by atoms with Crippen LogP contribution in [0.15, 0.2) is 0 Å². The van der Waals surface area contributed by atoms with Gasteiger partial charge < -0.3 is 16.2 Å². The number of nitrogens with two attached hydrogens (primary N) is 1. The maximum absolute atomic E-state index is 12.2. The molecular formula is C13H26N2O2. The van der Waals surface area contributed by atoms with Crippen molar-refractivity contribution in [2.24, 2.45) is 23.5 Å². The molecule has 3 atom stereocenters. The minimum atomic E-state index is 0.0755. The monoisotopic (exact) mass is 242 g/mol. The predicted octanol–water partition coefficient (Wildman–Crippen LogP) is 0.885. The third-order valence-electron chi connectivity index (χ3n) is 3.87. The summed E-state index contributed by atoms with van der Waals surface area (Å²) in [4.78, 5) is 12.2. The molecule has 4 nitrogen and oxygen atoms in total. The van der Waals surface area contributed by atoms with Gasteiger partial charge in [-0.3, -0.25) is 4.79 Å². The molecule has 4 N–H and O–H groups in total. The fourth-order valence-corrected chi connectivity index (χ4v) is 2.67. The number of hydrogen-bond acceptors (Lipinski definition) is 3. The Balaban J connectivity index is 2.51. The number of rotatable bonds is 6. The standard InChI is InChI=1S/C13H26N2O2/c1-9(2)12(6-7-16)15-13(17)11-5-3-4-10(11)8-14/h9-12,16H,3-8,14H2,1-2H3,(H,15,17). The second-order valence-corrected chi connectivity index (χ2v) is 5.40. The van der Waals surface area contributed by atoms with E-state index in [4.69, 9.17) is 10.8 Å². The first kappa shape index (κ1) is 14.5. The first-order valence-corrected chi connectivity index (χ1v) is 6.71. The van der Waals surface area contributed by atoms with Crippen molar-refractivity contribution in [3.8, 4) is 0 Å². The van der Waals surface area contributed by atoms with Gasteiger partial charge in [-0.25, -0.2) is 0 Å². The van der Waals surface area contributed by atoms with E-state index >= 15 is 0 Å². The zero-order chi connectivity index (χ0) is 12.8. The zero-order valence-corrected chi connectivity index (χ0v) is 11.0. The predicted molar refractivity (Wildman–Crippen MR) is 68.4 cm³/mol. The molecule has 0 heterocycles. The lowest BCUT2D eigenvalue weighted by Gasteiger charge is -2.25. The maximum atomic E-state index is 12.2. The molecule has 0 saturated heterocycles. The summed E-state index contributed by atoms with van der Waals surface area (Å²) >= 11 is 0. The number of carbonyl (C=O) groups excluding carboxylic acids is 1. The van der Waals surface area contributed by atoms with Crippen LogP contribution in [0.4, 0.5) is 0 Å². The first-order valence-electron chi connectivity index (χ1n) is 6.71. The summed E-state index contributed by atoms with van der Waals surface area (Å²) in [5, 5.41) is 12.1. The molecule has 0 aromatic rings. The van der Waals surface area contributed by atoms with Crippen LogP contribution in [0.25, 0.3) is 0 Å². The van der Waals surface area contributed by atoms with Crippen LogP contribution in [0.1, 0.15) is 39.5 Å². The lowest BCUT2D eigenvalue weighted by atomic mass is 9.93. The Hall–Kier alpha value is -0.610. The van der Waals surface area contributed by atoms with Gasteiger partial charge in [-0.1, -0.05) is 20.3 Å². The van der Waals surface area contributed by atoms with Crippen molar-refractivity contribution >= 4 is 5.91 Å². The van der Waals surface area contributed by atoms with Crippen LogP contribution in [0.3, 0.4) is 0 Å². The SMILES string of the molecule is CC(C)C(CCO)NC(=O)C1CCCC1CN. The van der Waals surface area contributed by atoms with Gasteiger partial charge in [-0.15, -0.1) is 0 Å². The van der Waals surface area contributed by atoms with Gasteiger partial charge in [0, 0.05) is 18.6 Å². The largest absolute Gasteiger partial charge is 0.396 e. The molecule has 0 bridgehead atoms. The van der Waals surface area contributed by atoms with Gasteiger partial charge in [0.15, 0.2) is 0 Å². The second-order valence-electron chi connectivity index (χ2n) is 5.40. The summed E-state index contributed by atoms with van der Waals surface area (Å²) in [6.07, 6.45) is 3.76. The van der Waals surface area contributed by atoms with Gasteiger partial charge in [-0.05, 0) is 37.6 Å². The highest BCUT2D eigenvalue weighted by molar-refractivity contribution is 5.79. The molecule has 1 aliphatic rings. The summed E-state index contributed by atoms with van der Waals surface area (Å²) in [6, 6.07) is 0.0755. The van der Waals surface area contributed by atoms with E-state index in [0.717, 1.165) is 19.3 Å². The second kappa shape index (κ2) is 6.97. The summed E-state index contributed by atoms with van der Waals surface area (Å²) in [7, 11) is 0. The van der Waals surface area contributed by atoms with Crippen molar-refractivity contribution in [3.63, 3.8) is 0 Å². The summed E-state index contributed by atoms with van der Waals surface area (Å²) in [5.74, 6) is 0.908. The number of carbonyl (C=O) groups is 1. The van der Waals surface area contributed by atoms with Crippen LogP contribution in [-0.2, 0) is 4.79 Å². The Morgan fingerprint density at radius 2 is 2.18 bits per heavy atom. The normalized spacial score (nSPS) is 26.2. The highest BCUT2D eigenvalue weighted by Crippen LogP contribution is 2.31. The molecule has 1 fully saturated rings. The van der Waals surface area contributed by atoms with Crippen molar-refractivity contribution in [1.29, 1.82) is 0 Å². The van der Waals surface area contributed by atoms with Crippen molar-refractivity contribution < 1.29 is 9.90 Å². The average molecular weight is 242 g/mol. The van der Waals surface area contributed by atoms with Gasteiger partial charge in [0.25, 0.3) is 0 Å². The van der Waals surface area contributed by atoms with E-state index < -0.39 is 0 Å². The van der Waals surface area contributed by atoms with Crippen LogP contribution in [0.2, 0.25) is 0 Å². The average Bonchev–Trinajstić information content (AvgIpc) is 2.76. The molecule has 100 valence electrons. The fourth-order valence-electron chi connectivity index (χ4n) is 2.67. The smallest absolute Gasteiger partial charge is 0.223 e. The minimum absolute atomic E-state index is 0.0755. The molecule has 17 heavy (non-hydrogen) atoms. The Kier molecular flexibility index (Phi) is 5.92. The van der Waals surface area contributed by atoms with Gasteiger partial charge in [0.2, 0.25) is 5.91 Å². The third kappa shape index (κ3) is 3.96. The molecule has 3 unspecified atom stereocenters. The molecular weight excluding hydrogens is 216 g/mol. The highest BCUT2D eigenvalue weighted by Gasteiger charge is 2.33. The van der Waals surface area contributed by atoms with Crippen LogP contribution >= 0.6 is 0 Å². The van der Waals surface area contributed by atoms with Crippen molar-refractivity contribution in [3.05, 3.63) is 0 Å². The van der Waals surface area contributed by atoms with Crippen LogP contribution in [0, 0.1) is 17.8 Å². The van der Waals surface area contributed by atoms with Gasteiger partial charge in [0.05, 0.1) is 0 Å². The topological polar surface area (TPSA) is 75.3 Å². The molecule has 0 aliphatic heterocycles. The van der Waals surface area contributed by atoms with E-state index in [1.54, 1.807) is 0 Å². The Morgan fingerprint density at radius 3 is 2.71 bits per heavy atom. The number of hydrogen-bond donors (Lipinski definition) is 3. The van der Waals surface area contributed by atoms with E-state index in [-0.39, 0.29) is 24.5 Å². The molecule has 0 spiro atoms. The summed E-state index contributed by atoms with van der Waals surface area (Å²) in [5.41, 5.74) is 5.69. The lowest BCUT2D eigenvalue weighted by molar-refractivity contribution is -0.127. The van der Waals surface area contributed by atoms with E-state index in [1.807, 2.05) is 0 Å². The number of nitrogens with one attached hydrogen (secondary N) is 1. The third-order valence-corrected chi connectivity index (χ3v) is 3.87. The molecule has 1 amide bonds. The van der Waals surface area contributed by atoms with Crippen LogP contribution in [0.5, 0.6) is 0 Å². The minimum Gasteiger partial charge on any atom is -0.396 e. The number of amides is 1.